The molecule has 0 aliphatic heterocycles. The molecule has 0 aromatic heterocycles. The summed E-state index contributed by atoms with van der Waals surface area (Å²) in [5, 5.41) is 2.62. The normalized spacial score (nSPS) is 13.9. The summed E-state index contributed by atoms with van der Waals surface area (Å²) < 4.78 is 27.4. The Morgan fingerprint density at radius 1 is 1.53 bits per heavy atom. The van der Waals surface area contributed by atoms with Crippen molar-refractivity contribution in [3.05, 3.63) is 0 Å². The molecule has 1 unspecified atom stereocenters. The van der Waals surface area contributed by atoms with Crippen molar-refractivity contribution in [2.75, 3.05) is 12.3 Å². The van der Waals surface area contributed by atoms with Crippen molar-refractivity contribution in [3.63, 3.8) is 0 Å². The van der Waals surface area contributed by atoms with Crippen LogP contribution in [0.15, 0.2) is 0 Å². The number of carbonyl (C=O) groups is 1. The van der Waals surface area contributed by atoms with Gasteiger partial charge in [0.1, 0.15) is 0 Å². The number of hydrogen-bond acceptors (Lipinski definition) is 4. The van der Waals surface area contributed by atoms with Crippen molar-refractivity contribution in [2.45, 2.75) is 26.7 Å². The predicted molar refractivity (Wildman–Crippen MR) is 55.6 cm³/mol. The van der Waals surface area contributed by atoms with E-state index in [1.165, 1.54) is 0 Å². The molecule has 0 saturated carbocycles. The SMILES string of the molecule is CCC(C)C(=O)NCCCS([O-])(O)O.[Na+]. The van der Waals surface area contributed by atoms with Crippen molar-refractivity contribution >= 4 is 16.8 Å². The van der Waals surface area contributed by atoms with Gasteiger partial charge in [-0.05, 0) is 12.8 Å². The first kappa shape index (κ1) is 18.1. The molecular weight excluding hydrogens is 229 g/mol. The summed E-state index contributed by atoms with van der Waals surface area (Å²) in [5.74, 6) is -0.300. The molecule has 0 aliphatic rings. The van der Waals surface area contributed by atoms with E-state index in [9.17, 15) is 9.35 Å². The summed E-state index contributed by atoms with van der Waals surface area (Å²) in [5.41, 5.74) is 0. The van der Waals surface area contributed by atoms with Crippen LogP contribution < -0.4 is 34.9 Å². The maximum atomic E-state index is 11.2. The van der Waals surface area contributed by atoms with Crippen LogP contribution >= 0.6 is 10.9 Å². The van der Waals surface area contributed by atoms with Crippen molar-refractivity contribution in [1.82, 2.24) is 5.32 Å². The molecule has 0 aromatic rings. The molecule has 1 atom stereocenters. The third-order valence-electron chi connectivity index (χ3n) is 1.95. The summed E-state index contributed by atoms with van der Waals surface area (Å²) in [6.07, 6.45) is 1.07. The quantitative estimate of drug-likeness (QED) is 0.390. The largest absolute Gasteiger partial charge is 1.00 e. The maximum Gasteiger partial charge on any atom is 1.00 e. The number of hydrogen-bond donors (Lipinski definition) is 3. The third-order valence-corrected chi connectivity index (χ3v) is 2.77. The Labute approximate surface area is 114 Å². The van der Waals surface area contributed by atoms with E-state index < -0.39 is 10.9 Å². The second-order valence-corrected chi connectivity index (χ2v) is 4.89. The summed E-state index contributed by atoms with van der Waals surface area (Å²) in [4.78, 5) is 11.2. The van der Waals surface area contributed by atoms with Gasteiger partial charge in [-0.3, -0.25) is 4.79 Å². The van der Waals surface area contributed by atoms with E-state index in [2.05, 4.69) is 5.32 Å². The second-order valence-electron chi connectivity index (χ2n) is 3.26. The van der Waals surface area contributed by atoms with E-state index in [1.54, 1.807) is 0 Å². The topological polar surface area (TPSA) is 92.6 Å². The van der Waals surface area contributed by atoms with E-state index >= 15 is 0 Å². The van der Waals surface area contributed by atoms with Crippen LogP contribution in [0.4, 0.5) is 0 Å². The standard InChI is InChI=1S/C8H19NO4S.Na/c1-3-7(2)8(10)9-5-4-6-14(11,12)13;/h7,11-13H,3-6H2,1-2H3,(H,9,10);/q;+1/p-1. The Hall–Kier alpha value is 0.700. The van der Waals surface area contributed by atoms with E-state index in [1.807, 2.05) is 13.8 Å². The maximum absolute atomic E-state index is 11.2. The Morgan fingerprint density at radius 2 is 2.07 bits per heavy atom. The van der Waals surface area contributed by atoms with Gasteiger partial charge < -0.3 is 19.0 Å². The molecule has 7 heteroatoms. The van der Waals surface area contributed by atoms with Crippen LogP contribution in [0.5, 0.6) is 0 Å². The zero-order chi connectivity index (χ0) is 11.2. The van der Waals surface area contributed by atoms with Crippen molar-refractivity contribution in [1.29, 1.82) is 0 Å². The predicted octanol–water partition coefficient (Wildman–Crippen LogP) is -1.58. The first-order valence-electron chi connectivity index (χ1n) is 4.61. The van der Waals surface area contributed by atoms with E-state index in [4.69, 9.17) is 9.11 Å². The number of amides is 1. The van der Waals surface area contributed by atoms with Gasteiger partial charge >= 0.3 is 29.6 Å². The van der Waals surface area contributed by atoms with Gasteiger partial charge in [-0.25, -0.2) is 0 Å². The van der Waals surface area contributed by atoms with Gasteiger partial charge in [-0.1, -0.05) is 13.8 Å². The number of nitrogens with one attached hydrogen (secondary N) is 1. The second kappa shape index (κ2) is 8.81. The summed E-state index contributed by atoms with van der Waals surface area (Å²) in [6.45, 7) is 4.05. The van der Waals surface area contributed by atoms with Gasteiger partial charge in [-0.2, -0.15) is 0 Å². The fraction of sp³-hybridized carbons (Fsp3) is 0.875. The van der Waals surface area contributed by atoms with Crippen molar-refractivity contribution < 1.29 is 48.0 Å². The van der Waals surface area contributed by atoms with Crippen molar-refractivity contribution in [3.8, 4) is 0 Å². The molecule has 3 N–H and O–H groups in total. The van der Waals surface area contributed by atoms with E-state index in [-0.39, 0.29) is 47.1 Å². The monoisotopic (exact) mass is 247 g/mol. The van der Waals surface area contributed by atoms with Gasteiger partial charge in [0.15, 0.2) is 0 Å². The fourth-order valence-corrected chi connectivity index (χ4v) is 1.35. The van der Waals surface area contributed by atoms with Crippen LogP contribution in [-0.2, 0) is 4.79 Å². The molecular formula is C8H18NNaO4S. The van der Waals surface area contributed by atoms with Gasteiger partial charge in [0, 0.05) is 18.2 Å². The fourth-order valence-electron chi connectivity index (χ4n) is 0.831. The number of carbonyl (C=O) groups excluding carboxylic acids is 1. The average Bonchev–Trinajstić information content (AvgIpc) is 2.09. The summed E-state index contributed by atoms with van der Waals surface area (Å²) in [6, 6.07) is 0. The van der Waals surface area contributed by atoms with Crippen LogP contribution in [-0.4, -0.2) is 31.9 Å². The Bertz CT molecular complexity index is 186. The first-order chi connectivity index (χ1) is 6.37. The molecule has 0 fully saturated rings. The van der Waals surface area contributed by atoms with Gasteiger partial charge in [0.25, 0.3) is 0 Å². The molecule has 15 heavy (non-hydrogen) atoms. The summed E-state index contributed by atoms with van der Waals surface area (Å²) in [7, 11) is -3.65. The summed E-state index contributed by atoms with van der Waals surface area (Å²) >= 11 is 0. The number of rotatable bonds is 6. The molecule has 0 bridgehead atoms. The molecule has 86 valence electrons. The zero-order valence-electron chi connectivity index (χ0n) is 9.52. The minimum absolute atomic E-state index is 0. The zero-order valence-corrected chi connectivity index (χ0v) is 12.3. The Morgan fingerprint density at radius 3 is 2.47 bits per heavy atom. The molecule has 0 saturated heterocycles. The van der Waals surface area contributed by atoms with Crippen LogP contribution in [0.2, 0.25) is 0 Å². The third kappa shape index (κ3) is 11.0. The molecule has 1 amide bonds. The molecule has 0 rings (SSSR count). The Kier molecular flexibility index (Phi) is 10.6. The minimum atomic E-state index is -3.65. The first-order valence-corrected chi connectivity index (χ1v) is 6.25. The van der Waals surface area contributed by atoms with Crippen LogP contribution in [0.25, 0.3) is 0 Å². The molecule has 0 heterocycles. The molecule has 5 nitrogen and oxygen atoms in total. The van der Waals surface area contributed by atoms with Crippen LogP contribution in [0.3, 0.4) is 0 Å². The minimum Gasteiger partial charge on any atom is -0.773 e. The average molecular weight is 247 g/mol. The van der Waals surface area contributed by atoms with E-state index in [0.717, 1.165) is 6.42 Å². The molecule has 0 radical (unpaired) electrons. The van der Waals surface area contributed by atoms with Gasteiger partial charge in [0.05, 0.1) is 0 Å². The van der Waals surface area contributed by atoms with Crippen LogP contribution in [0, 0.1) is 5.92 Å². The molecule has 0 aromatic carbocycles. The van der Waals surface area contributed by atoms with E-state index in [0.29, 0.717) is 13.0 Å². The van der Waals surface area contributed by atoms with Gasteiger partial charge in [-0.15, -0.1) is 10.9 Å². The Balaban J connectivity index is 0. The van der Waals surface area contributed by atoms with Crippen molar-refractivity contribution in [2.24, 2.45) is 5.92 Å². The molecule has 0 aliphatic carbocycles. The van der Waals surface area contributed by atoms with Gasteiger partial charge in [0.2, 0.25) is 5.91 Å². The molecule has 0 spiro atoms. The smallest absolute Gasteiger partial charge is 0.773 e. The van der Waals surface area contributed by atoms with Crippen LogP contribution in [0.1, 0.15) is 26.7 Å².